The van der Waals surface area contributed by atoms with Crippen molar-refractivity contribution in [1.29, 1.82) is 0 Å². The van der Waals surface area contributed by atoms with Gasteiger partial charge in [-0.15, -0.1) is 0 Å². The van der Waals surface area contributed by atoms with Gasteiger partial charge in [0.05, 0.1) is 11.4 Å². The molecule has 2 aromatic heterocycles. The van der Waals surface area contributed by atoms with Crippen LogP contribution in [0.4, 0.5) is 5.82 Å². The van der Waals surface area contributed by atoms with Gasteiger partial charge in [-0.2, -0.15) is 0 Å². The summed E-state index contributed by atoms with van der Waals surface area (Å²) in [5, 5.41) is 3.06. The third kappa shape index (κ3) is 4.03. The van der Waals surface area contributed by atoms with Crippen molar-refractivity contribution in [2.24, 2.45) is 0 Å². The number of rotatable bonds is 5. The highest BCUT2D eigenvalue weighted by atomic mass is 15.1. The molecule has 0 atom stereocenters. The number of hydrogen-bond donors (Lipinski definition) is 1. The normalized spacial score (nSPS) is 10.7. The average Bonchev–Trinajstić information content (AvgIpc) is 2.38. The lowest BCUT2D eigenvalue weighted by Crippen LogP contribution is -2.19. The fourth-order valence-electron chi connectivity index (χ4n) is 2.00. The summed E-state index contributed by atoms with van der Waals surface area (Å²) in [7, 11) is 3.96. The summed E-state index contributed by atoms with van der Waals surface area (Å²) in [6.45, 7) is 3.65. The smallest absolute Gasteiger partial charge is 0.126 e. The Kier molecular flexibility index (Phi) is 4.47. The van der Waals surface area contributed by atoms with Crippen molar-refractivity contribution in [3.05, 3.63) is 53.5 Å². The lowest BCUT2D eigenvalue weighted by Gasteiger charge is -2.16. The molecule has 1 N–H and O–H groups in total. The predicted octanol–water partition coefficient (Wildman–Crippen LogP) is 2.46. The number of anilines is 1. The van der Waals surface area contributed by atoms with Gasteiger partial charge in [-0.25, -0.2) is 4.98 Å². The zero-order valence-corrected chi connectivity index (χ0v) is 11.7. The van der Waals surface area contributed by atoms with Crippen LogP contribution in [0.15, 0.2) is 36.4 Å². The number of nitrogens with zero attached hydrogens (tertiary/aromatic N) is 3. The maximum atomic E-state index is 4.52. The Balaban J connectivity index is 1.98. The summed E-state index contributed by atoms with van der Waals surface area (Å²) in [5.74, 6) is 0.902. The van der Waals surface area contributed by atoms with Gasteiger partial charge in [-0.3, -0.25) is 9.88 Å². The third-order valence-electron chi connectivity index (χ3n) is 2.87. The number of pyridine rings is 2. The van der Waals surface area contributed by atoms with E-state index in [2.05, 4.69) is 33.3 Å². The predicted molar refractivity (Wildman–Crippen MR) is 77.9 cm³/mol. The Morgan fingerprint density at radius 3 is 2.26 bits per heavy atom. The van der Waals surface area contributed by atoms with Gasteiger partial charge in [0.15, 0.2) is 0 Å². The van der Waals surface area contributed by atoms with Crippen LogP contribution in [0, 0.1) is 6.92 Å². The Morgan fingerprint density at radius 2 is 1.63 bits per heavy atom. The SMILES string of the molecule is CNc1cccc(CN(C)Cc2cccc(C)n2)n1. The molecule has 2 aromatic rings. The molecule has 0 aliphatic carbocycles. The molecule has 0 unspecified atom stereocenters. The van der Waals surface area contributed by atoms with E-state index in [0.29, 0.717) is 0 Å². The second kappa shape index (κ2) is 6.29. The molecule has 0 aliphatic heterocycles. The van der Waals surface area contributed by atoms with E-state index in [1.54, 1.807) is 0 Å². The molecule has 0 bridgehead atoms. The maximum absolute atomic E-state index is 4.52. The summed E-state index contributed by atoms with van der Waals surface area (Å²) in [6, 6.07) is 12.1. The summed E-state index contributed by atoms with van der Waals surface area (Å²) >= 11 is 0. The lowest BCUT2D eigenvalue weighted by atomic mass is 10.3. The van der Waals surface area contributed by atoms with Gasteiger partial charge >= 0.3 is 0 Å². The molecule has 2 heterocycles. The molecule has 0 saturated carbocycles. The standard InChI is InChI=1S/C15H20N4/c1-12-6-4-7-13(17-12)10-19(3)11-14-8-5-9-15(16-2)18-14/h4-9H,10-11H2,1-3H3,(H,16,18). The summed E-state index contributed by atoms with van der Waals surface area (Å²) < 4.78 is 0. The van der Waals surface area contributed by atoms with Gasteiger partial charge in [0.25, 0.3) is 0 Å². The first-order valence-corrected chi connectivity index (χ1v) is 6.42. The van der Waals surface area contributed by atoms with Gasteiger partial charge in [0.2, 0.25) is 0 Å². The summed E-state index contributed by atoms with van der Waals surface area (Å²) in [6.07, 6.45) is 0. The zero-order valence-electron chi connectivity index (χ0n) is 11.7. The van der Waals surface area contributed by atoms with E-state index in [1.807, 2.05) is 44.3 Å². The van der Waals surface area contributed by atoms with Crippen molar-refractivity contribution in [1.82, 2.24) is 14.9 Å². The quantitative estimate of drug-likeness (QED) is 0.892. The Morgan fingerprint density at radius 1 is 1.00 bits per heavy atom. The Labute approximate surface area is 114 Å². The van der Waals surface area contributed by atoms with E-state index in [-0.39, 0.29) is 0 Å². The maximum Gasteiger partial charge on any atom is 0.126 e. The van der Waals surface area contributed by atoms with Gasteiger partial charge in [-0.05, 0) is 38.2 Å². The van der Waals surface area contributed by atoms with Crippen LogP contribution >= 0.6 is 0 Å². The molecule has 0 fully saturated rings. The van der Waals surface area contributed by atoms with Gasteiger partial charge in [0, 0.05) is 25.8 Å². The van der Waals surface area contributed by atoms with Crippen molar-refractivity contribution in [2.45, 2.75) is 20.0 Å². The van der Waals surface area contributed by atoms with E-state index < -0.39 is 0 Å². The second-order valence-electron chi connectivity index (χ2n) is 4.71. The molecule has 4 nitrogen and oxygen atoms in total. The van der Waals surface area contributed by atoms with Crippen LogP contribution in [0.3, 0.4) is 0 Å². The van der Waals surface area contributed by atoms with Gasteiger partial charge in [-0.1, -0.05) is 12.1 Å². The van der Waals surface area contributed by atoms with E-state index in [1.165, 1.54) is 0 Å². The molecule has 0 saturated heterocycles. The van der Waals surface area contributed by atoms with Crippen LogP contribution < -0.4 is 5.32 Å². The van der Waals surface area contributed by atoms with Crippen LogP contribution in [0.5, 0.6) is 0 Å². The topological polar surface area (TPSA) is 41.0 Å². The van der Waals surface area contributed by atoms with Gasteiger partial charge in [0.1, 0.15) is 5.82 Å². The molecule has 0 aliphatic rings. The van der Waals surface area contributed by atoms with E-state index in [0.717, 1.165) is 36.0 Å². The molecule has 0 aromatic carbocycles. The fraction of sp³-hybridized carbons (Fsp3) is 0.333. The molecule has 2 rings (SSSR count). The summed E-state index contributed by atoms with van der Waals surface area (Å²) in [4.78, 5) is 11.2. The van der Waals surface area contributed by atoms with Crippen molar-refractivity contribution in [3.8, 4) is 0 Å². The highest BCUT2D eigenvalue weighted by Crippen LogP contribution is 2.08. The van der Waals surface area contributed by atoms with E-state index in [4.69, 9.17) is 0 Å². The molecule has 0 amide bonds. The number of aromatic nitrogens is 2. The average molecular weight is 256 g/mol. The molecule has 4 heteroatoms. The molecular weight excluding hydrogens is 236 g/mol. The minimum absolute atomic E-state index is 0.811. The van der Waals surface area contributed by atoms with Crippen LogP contribution in [0.2, 0.25) is 0 Å². The number of nitrogens with one attached hydrogen (secondary N) is 1. The van der Waals surface area contributed by atoms with E-state index in [9.17, 15) is 0 Å². The molecular formula is C15H20N4. The molecule has 100 valence electrons. The van der Waals surface area contributed by atoms with Crippen LogP contribution in [0.25, 0.3) is 0 Å². The Bertz CT molecular complexity index is 539. The largest absolute Gasteiger partial charge is 0.373 e. The van der Waals surface area contributed by atoms with Crippen molar-refractivity contribution < 1.29 is 0 Å². The van der Waals surface area contributed by atoms with Crippen molar-refractivity contribution in [3.63, 3.8) is 0 Å². The minimum Gasteiger partial charge on any atom is -0.373 e. The molecule has 0 radical (unpaired) electrons. The fourth-order valence-corrected chi connectivity index (χ4v) is 2.00. The highest BCUT2D eigenvalue weighted by molar-refractivity contribution is 5.34. The van der Waals surface area contributed by atoms with E-state index >= 15 is 0 Å². The zero-order chi connectivity index (χ0) is 13.7. The third-order valence-corrected chi connectivity index (χ3v) is 2.87. The van der Waals surface area contributed by atoms with Crippen LogP contribution in [0.1, 0.15) is 17.1 Å². The number of aryl methyl sites for hydroxylation is 1. The van der Waals surface area contributed by atoms with Crippen LogP contribution in [-0.4, -0.2) is 29.0 Å². The van der Waals surface area contributed by atoms with Gasteiger partial charge < -0.3 is 5.32 Å². The Hall–Kier alpha value is -1.94. The molecule has 0 spiro atoms. The summed E-state index contributed by atoms with van der Waals surface area (Å²) in [5.41, 5.74) is 3.20. The highest BCUT2D eigenvalue weighted by Gasteiger charge is 2.04. The second-order valence-corrected chi connectivity index (χ2v) is 4.71. The monoisotopic (exact) mass is 256 g/mol. The minimum atomic E-state index is 0.811. The lowest BCUT2D eigenvalue weighted by molar-refractivity contribution is 0.311. The first-order valence-electron chi connectivity index (χ1n) is 6.42. The molecule has 19 heavy (non-hydrogen) atoms. The van der Waals surface area contributed by atoms with Crippen molar-refractivity contribution in [2.75, 3.05) is 19.4 Å². The van der Waals surface area contributed by atoms with Crippen LogP contribution in [-0.2, 0) is 13.1 Å². The first kappa shape index (κ1) is 13.5. The van der Waals surface area contributed by atoms with Crippen molar-refractivity contribution >= 4 is 5.82 Å². The first-order chi connectivity index (χ1) is 9.17. The number of hydrogen-bond acceptors (Lipinski definition) is 4.